The third-order valence-electron chi connectivity index (χ3n) is 17.2. The molecule has 0 aromatic rings. The molecule has 9 heteroatoms. The van der Waals surface area contributed by atoms with E-state index < -0.39 is 58.7 Å². The normalized spacial score (nSPS) is 63.3. The van der Waals surface area contributed by atoms with Gasteiger partial charge in [0, 0.05) is 11.3 Å². The molecule has 0 unspecified atom stereocenters. The SMILES string of the molecule is C[C@@H]1C[C@@]2(C)O[C@@]3(O[C@]2(C)C(C)(C)O)[C@H](O)[C@@]2(C)[C@@H]4CC[C@@H]5C(C)(C)[C@@H](O[C@@H]6OC[C@@H](O)[C@H](O)[C@H]6O)CC[C@@]56C[C@@]46CC[C@]2(C)[C@@H]13. The first-order valence-corrected chi connectivity index (χ1v) is 18.2. The van der Waals surface area contributed by atoms with Crippen molar-refractivity contribution in [2.45, 2.75) is 173 Å². The van der Waals surface area contributed by atoms with Crippen molar-refractivity contribution in [1.82, 2.24) is 0 Å². The molecule has 0 aromatic carbocycles. The lowest BCUT2D eigenvalue weighted by Gasteiger charge is -2.63. The highest BCUT2D eigenvalue weighted by molar-refractivity contribution is 5.35. The quantitative estimate of drug-likeness (QED) is 0.289. The fraction of sp³-hybridized carbons (Fsp3) is 1.00. The molecule has 262 valence electrons. The monoisotopic (exact) mass is 648 g/mol. The van der Waals surface area contributed by atoms with Gasteiger partial charge in [-0.3, -0.25) is 0 Å². The fourth-order valence-corrected chi connectivity index (χ4v) is 14.7. The molecule has 46 heavy (non-hydrogen) atoms. The molecule has 2 bridgehead atoms. The van der Waals surface area contributed by atoms with Crippen molar-refractivity contribution in [3.05, 3.63) is 0 Å². The van der Waals surface area contributed by atoms with Gasteiger partial charge in [0.05, 0.1) is 18.3 Å². The van der Waals surface area contributed by atoms with E-state index in [1.54, 1.807) is 0 Å². The van der Waals surface area contributed by atoms with Crippen molar-refractivity contribution < 1.29 is 44.5 Å². The standard InChI is InChI=1S/C37H60O9/c1-19-16-32(7)34(9,30(4,5)42)46-37(45-32)26(19)31(6)14-15-36-18-35(36)13-12-23(44-27-25(40)24(39)20(38)17-43-27)29(2,3)21(35)10-11-22(36)33(31,8)28(37)41/h19-28,38-42H,10-18H2,1-9H3/t19-,20-,21-,22+,23+,24+,25-,26-,27+,28-,31-,32-,33-,34-,35-,36+,37+/m1/s1. The Morgan fingerprint density at radius 2 is 1.46 bits per heavy atom. The Morgan fingerprint density at radius 1 is 0.804 bits per heavy atom. The summed E-state index contributed by atoms with van der Waals surface area (Å²) in [6.45, 7) is 19.4. The lowest BCUT2D eigenvalue weighted by Crippen LogP contribution is -2.62. The Hall–Kier alpha value is -0.360. The van der Waals surface area contributed by atoms with Gasteiger partial charge in [-0.15, -0.1) is 0 Å². The lowest BCUT2D eigenvalue weighted by atomic mass is 9.41. The highest BCUT2D eigenvalue weighted by atomic mass is 16.8. The van der Waals surface area contributed by atoms with Crippen LogP contribution in [0.2, 0.25) is 0 Å². The summed E-state index contributed by atoms with van der Waals surface area (Å²) < 4.78 is 26.4. The molecule has 9 nitrogen and oxygen atoms in total. The van der Waals surface area contributed by atoms with E-state index in [2.05, 4.69) is 41.5 Å². The van der Waals surface area contributed by atoms with Crippen LogP contribution < -0.4 is 0 Å². The Morgan fingerprint density at radius 3 is 2.13 bits per heavy atom. The molecule has 3 saturated heterocycles. The third kappa shape index (κ3) is 3.36. The summed E-state index contributed by atoms with van der Waals surface area (Å²) in [5.74, 6) is -0.0977. The van der Waals surface area contributed by atoms with E-state index >= 15 is 0 Å². The van der Waals surface area contributed by atoms with Crippen LogP contribution in [0.25, 0.3) is 0 Å². The zero-order valence-corrected chi connectivity index (χ0v) is 29.5. The Kier molecular flexibility index (Phi) is 6.50. The zero-order chi connectivity index (χ0) is 33.5. The topological polar surface area (TPSA) is 138 Å². The van der Waals surface area contributed by atoms with Gasteiger partial charge in [-0.25, -0.2) is 0 Å². The highest BCUT2D eigenvalue weighted by Crippen LogP contribution is 2.90. The van der Waals surface area contributed by atoms with Crippen LogP contribution in [0.1, 0.15) is 114 Å². The molecule has 0 radical (unpaired) electrons. The van der Waals surface area contributed by atoms with E-state index in [0.29, 0.717) is 11.8 Å². The maximum absolute atomic E-state index is 12.9. The second-order valence-corrected chi connectivity index (χ2v) is 19.4. The molecule has 0 amide bonds. The summed E-state index contributed by atoms with van der Waals surface area (Å²) in [6.07, 6.45) is 2.47. The van der Waals surface area contributed by atoms with Crippen LogP contribution in [-0.2, 0) is 18.9 Å². The molecule has 3 heterocycles. The number of fused-ring (bicyclic) bond motifs is 4. The van der Waals surface area contributed by atoms with Crippen LogP contribution in [0.4, 0.5) is 0 Å². The first kappa shape index (κ1) is 32.8. The minimum Gasteiger partial charge on any atom is -0.388 e. The van der Waals surface area contributed by atoms with E-state index in [4.69, 9.17) is 18.9 Å². The molecule has 17 atom stereocenters. The van der Waals surface area contributed by atoms with Gasteiger partial charge in [0.25, 0.3) is 0 Å². The van der Waals surface area contributed by atoms with Crippen LogP contribution in [-0.4, -0.2) is 91.5 Å². The van der Waals surface area contributed by atoms with Crippen molar-refractivity contribution in [3.63, 3.8) is 0 Å². The Bertz CT molecular complexity index is 1300. The predicted molar refractivity (Wildman–Crippen MR) is 168 cm³/mol. The minimum absolute atomic E-state index is 0.0263. The Labute approximate surface area is 274 Å². The van der Waals surface area contributed by atoms with Gasteiger partial charge in [0.1, 0.15) is 35.6 Å². The maximum Gasteiger partial charge on any atom is 0.200 e. The van der Waals surface area contributed by atoms with Crippen LogP contribution in [0.5, 0.6) is 0 Å². The summed E-state index contributed by atoms with van der Waals surface area (Å²) in [5, 5.41) is 55.3. The van der Waals surface area contributed by atoms with Crippen molar-refractivity contribution in [2.75, 3.05) is 6.61 Å². The summed E-state index contributed by atoms with van der Waals surface area (Å²) >= 11 is 0. The smallest absolute Gasteiger partial charge is 0.200 e. The van der Waals surface area contributed by atoms with Gasteiger partial charge >= 0.3 is 0 Å². The second kappa shape index (κ2) is 9.10. The molecule has 5 aliphatic carbocycles. The van der Waals surface area contributed by atoms with Gasteiger partial charge in [0.2, 0.25) is 0 Å². The zero-order valence-electron chi connectivity index (χ0n) is 29.5. The van der Waals surface area contributed by atoms with Crippen LogP contribution in [0, 0.1) is 50.7 Å². The van der Waals surface area contributed by atoms with Crippen LogP contribution in [0.3, 0.4) is 0 Å². The fourth-order valence-electron chi connectivity index (χ4n) is 14.7. The third-order valence-corrected chi connectivity index (χ3v) is 17.2. The number of aliphatic hydroxyl groups excluding tert-OH is 4. The second-order valence-electron chi connectivity index (χ2n) is 19.4. The van der Waals surface area contributed by atoms with Crippen LogP contribution in [0.15, 0.2) is 0 Å². The van der Waals surface area contributed by atoms with Gasteiger partial charge in [0.15, 0.2) is 12.1 Å². The van der Waals surface area contributed by atoms with E-state index in [0.717, 1.165) is 44.9 Å². The Balaban J connectivity index is 1.12. The number of ether oxygens (including phenoxy) is 4. The molecule has 5 N–H and O–H groups in total. The minimum atomic E-state index is -1.29. The van der Waals surface area contributed by atoms with Gasteiger partial charge < -0.3 is 44.5 Å². The molecule has 0 aromatic heterocycles. The number of aliphatic hydroxyl groups is 5. The first-order valence-electron chi connectivity index (χ1n) is 18.2. The molecule has 8 fully saturated rings. The molecule has 8 aliphatic rings. The van der Waals surface area contributed by atoms with E-state index in [1.807, 2.05) is 20.8 Å². The first-order chi connectivity index (χ1) is 21.1. The number of hydrogen-bond donors (Lipinski definition) is 5. The largest absolute Gasteiger partial charge is 0.388 e. The highest BCUT2D eigenvalue weighted by Gasteiger charge is 2.89. The van der Waals surface area contributed by atoms with E-state index in [9.17, 15) is 25.5 Å². The van der Waals surface area contributed by atoms with Gasteiger partial charge in [-0.1, -0.05) is 34.6 Å². The van der Waals surface area contributed by atoms with Gasteiger partial charge in [-0.05, 0) is 118 Å². The summed E-state index contributed by atoms with van der Waals surface area (Å²) in [7, 11) is 0. The average Bonchev–Trinajstić information content (AvgIpc) is 3.53. The maximum atomic E-state index is 12.9. The molecular formula is C37H60O9. The molecule has 3 aliphatic heterocycles. The lowest BCUT2D eigenvalue weighted by molar-refractivity contribution is -0.304. The molecule has 3 spiro atoms. The number of hydrogen-bond acceptors (Lipinski definition) is 9. The average molecular weight is 649 g/mol. The summed E-state index contributed by atoms with van der Waals surface area (Å²) in [4.78, 5) is 0. The van der Waals surface area contributed by atoms with Crippen molar-refractivity contribution in [2.24, 2.45) is 50.7 Å². The van der Waals surface area contributed by atoms with Gasteiger partial charge in [-0.2, -0.15) is 0 Å². The molecule has 8 rings (SSSR count). The summed E-state index contributed by atoms with van der Waals surface area (Å²) in [5.41, 5.74) is -3.29. The summed E-state index contributed by atoms with van der Waals surface area (Å²) in [6, 6.07) is 0. The van der Waals surface area contributed by atoms with E-state index in [1.165, 1.54) is 6.42 Å². The molecule has 5 saturated carbocycles. The van der Waals surface area contributed by atoms with E-state index in [-0.39, 0.29) is 46.2 Å². The van der Waals surface area contributed by atoms with Crippen molar-refractivity contribution >= 4 is 0 Å². The van der Waals surface area contributed by atoms with Crippen molar-refractivity contribution in [1.29, 1.82) is 0 Å². The van der Waals surface area contributed by atoms with Crippen molar-refractivity contribution in [3.8, 4) is 0 Å². The van der Waals surface area contributed by atoms with Crippen LogP contribution >= 0.6 is 0 Å². The molecular weight excluding hydrogens is 588 g/mol. The predicted octanol–water partition coefficient (Wildman–Crippen LogP) is 3.90. The number of rotatable bonds is 3.